The molecule has 94 valence electrons. The molecule has 0 spiro atoms. The van der Waals surface area contributed by atoms with Crippen LogP contribution in [0, 0.1) is 0 Å². The summed E-state index contributed by atoms with van der Waals surface area (Å²) < 4.78 is 0. The number of hydrogen-bond acceptors (Lipinski definition) is 4. The van der Waals surface area contributed by atoms with E-state index in [-0.39, 0.29) is 24.0 Å². The third-order valence-electron chi connectivity index (χ3n) is 2.65. The number of ketones is 1. The number of rotatable bonds is 3. The van der Waals surface area contributed by atoms with Gasteiger partial charge in [-0.3, -0.25) is 19.8 Å². The average molecular weight is 247 g/mol. The molecule has 1 atom stereocenters. The first-order valence-electron chi connectivity index (χ1n) is 5.52. The van der Waals surface area contributed by atoms with Gasteiger partial charge >= 0.3 is 0 Å². The molecule has 1 aromatic rings. The van der Waals surface area contributed by atoms with E-state index in [0.29, 0.717) is 11.3 Å². The first-order valence-corrected chi connectivity index (χ1v) is 5.52. The van der Waals surface area contributed by atoms with E-state index in [1.807, 2.05) is 0 Å². The highest BCUT2D eigenvalue weighted by Crippen LogP contribution is 2.11. The molecule has 0 saturated carbocycles. The summed E-state index contributed by atoms with van der Waals surface area (Å²) in [5.41, 5.74) is 6.13. The third-order valence-corrected chi connectivity index (χ3v) is 2.65. The molecular weight excluding hydrogens is 234 g/mol. The van der Waals surface area contributed by atoms with E-state index < -0.39 is 6.04 Å². The van der Waals surface area contributed by atoms with Crippen molar-refractivity contribution in [3.63, 3.8) is 0 Å². The maximum Gasteiger partial charge on any atom is 0.243 e. The number of benzene rings is 1. The Morgan fingerprint density at radius 1 is 1.28 bits per heavy atom. The van der Waals surface area contributed by atoms with Crippen molar-refractivity contribution in [2.24, 2.45) is 0 Å². The Hall–Kier alpha value is -2.21. The molecule has 3 N–H and O–H groups in total. The molecule has 6 nitrogen and oxygen atoms in total. The van der Waals surface area contributed by atoms with Gasteiger partial charge in [0.2, 0.25) is 11.8 Å². The highest BCUT2D eigenvalue weighted by molar-refractivity contribution is 5.99. The molecule has 1 aliphatic heterocycles. The predicted molar refractivity (Wildman–Crippen MR) is 64.8 cm³/mol. The van der Waals surface area contributed by atoms with Crippen molar-refractivity contribution in [2.45, 2.75) is 19.4 Å². The summed E-state index contributed by atoms with van der Waals surface area (Å²) in [6, 6.07) is 6.02. The minimum Gasteiger partial charge on any atom is -0.325 e. The monoisotopic (exact) mass is 247 g/mol. The van der Waals surface area contributed by atoms with Crippen LogP contribution in [0.1, 0.15) is 23.7 Å². The second-order valence-corrected chi connectivity index (χ2v) is 4.07. The first kappa shape index (κ1) is 12.3. The predicted octanol–water partition coefficient (Wildman–Crippen LogP) is 0.221. The number of anilines is 1. The van der Waals surface area contributed by atoms with Gasteiger partial charge in [-0.1, -0.05) is 0 Å². The largest absolute Gasteiger partial charge is 0.325 e. The second-order valence-electron chi connectivity index (χ2n) is 4.07. The lowest BCUT2D eigenvalue weighted by atomic mass is 10.1. The molecule has 1 saturated heterocycles. The first-order chi connectivity index (χ1) is 8.56. The van der Waals surface area contributed by atoms with Crippen LogP contribution < -0.4 is 16.2 Å². The van der Waals surface area contributed by atoms with Gasteiger partial charge in [-0.2, -0.15) is 0 Å². The molecule has 0 radical (unpaired) electrons. The fourth-order valence-corrected chi connectivity index (χ4v) is 1.63. The van der Waals surface area contributed by atoms with Crippen LogP contribution in [0.4, 0.5) is 5.69 Å². The summed E-state index contributed by atoms with van der Waals surface area (Å²) in [6.07, 6.45) is 0.122. The van der Waals surface area contributed by atoms with Crippen LogP contribution in [0.3, 0.4) is 0 Å². The Morgan fingerprint density at radius 3 is 2.44 bits per heavy atom. The van der Waals surface area contributed by atoms with E-state index in [1.54, 1.807) is 24.3 Å². The number of hydrazine groups is 1. The van der Waals surface area contributed by atoms with Gasteiger partial charge in [0.25, 0.3) is 0 Å². The van der Waals surface area contributed by atoms with Crippen LogP contribution in [-0.4, -0.2) is 23.6 Å². The van der Waals surface area contributed by atoms with Gasteiger partial charge in [-0.15, -0.1) is 0 Å². The average Bonchev–Trinajstić information content (AvgIpc) is 2.76. The lowest BCUT2D eigenvalue weighted by Gasteiger charge is -2.09. The SMILES string of the molecule is CC(=O)c1ccc(NC(=O)C2CC(=O)NN2)cc1. The van der Waals surface area contributed by atoms with E-state index >= 15 is 0 Å². The summed E-state index contributed by atoms with van der Waals surface area (Å²) in [4.78, 5) is 33.8. The van der Waals surface area contributed by atoms with Crippen LogP contribution in [0.5, 0.6) is 0 Å². The van der Waals surface area contributed by atoms with Crippen molar-refractivity contribution in [1.29, 1.82) is 0 Å². The molecule has 0 aliphatic carbocycles. The van der Waals surface area contributed by atoms with Gasteiger partial charge in [-0.25, -0.2) is 5.43 Å². The highest BCUT2D eigenvalue weighted by Gasteiger charge is 2.27. The maximum atomic E-state index is 11.7. The molecule has 1 heterocycles. The quantitative estimate of drug-likeness (QED) is 0.667. The highest BCUT2D eigenvalue weighted by atomic mass is 16.2. The van der Waals surface area contributed by atoms with E-state index in [9.17, 15) is 14.4 Å². The van der Waals surface area contributed by atoms with Crippen LogP contribution in [-0.2, 0) is 9.59 Å². The van der Waals surface area contributed by atoms with Crippen molar-refractivity contribution in [1.82, 2.24) is 10.9 Å². The third kappa shape index (κ3) is 2.72. The zero-order chi connectivity index (χ0) is 13.1. The Labute approximate surface area is 104 Å². The Morgan fingerprint density at radius 2 is 1.94 bits per heavy atom. The maximum absolute atomic E-state index is 11.7. The van der Waals surface area contributed by atoms with Crippen molar-refractivity contribution < 1.29 is 14.4 Å². The van der Waals surface area contributed by atoms with E-state index in [1.165, 1.54) is 6.92 Å². The molecule has 1 fully saturated rings. The van der Waals surface area contributed by atoms with Crippen LogP contribution in [0.2, 0.25) is 0 Å². The molecule has 1 aliphatic rings. The van der Waals surface area contributed by atoms with Crippen molar-refractivity contribution in [3.05, 3.63) is 29.8 Å². The van der Waals surface area contributed by atoms with Crippen LogP contribution in [0.15, 0.2) is 24.3 Å². The summed E-state index contributed by atoms with van der Waals surface area (Å²) >= 11 is 0. The number of carbonyl (C=O) groups excluding carboxylic acids is 3. The fraction of sp³-hybridized carbons (Fsp3) is 0.250. The Kier molecular flexibility index (Phi) is 3.38. The molecule has 2 amide bonds. The molecule has 2 rings (SSSR count). The fourth-order valence-electron chi connectivity index (χ4n) is 1.63. The normalized spacial score (nSPS) is 18.3. The van der Waals surface area contributed by atoms with Crippen molar-refractivity contribution >= 4 is 23.3 Å². The number of amides is 2. The van der Waals surface area contributed by atoms with E-state index in [0.717, 1.165) is 0 Å². The molecule has 6 heteroatoms. The Balaban J connectivity index is 1.99. The molecule has 0 bridgehead atoms. The van der Waals surface area contributed by atoms with Crippen LogP contribution >= 0.6 is 0 Å². The van der Waals surface area contributed by atoms with Gasteiger partial charge in [0.05, 0.1) is 6.42 Å². The summed E-state index contributed by atoms with van der Waals surface area (Å²) in [7, 11) is 0. The van der Waals surface area contributed by atoms with E-state index in [4.69, 9.17) is 0 Å². The standard InChI is InChI=1S/C12H13N3O3/c1-7(16)8-2-4-9(5-3-8)13-12(18)10-6-11(17)15-14-10/h2-5,10,14H,6H2,1H3,(H,13,18)(H,15,17). The summed E-state index contributed by atoms with van der Waals surface area (Å²) in [6.45, 7) is 1.48. The molecule has 1 unspecified atom stereocenters. The van der Waals surface area contributed by atoms with Crippen molar-refractivity contribution in [3.8, 4) is 0 Å². The van der Waals surface area contributed by atoms with Gasteiger partial charge in [0.15, 0.2) is 5.78 Å². The topological polar surface area (TPSA) is 87.3 Å². The van der Waals surface area contributed by atoms with Crippen LogP contribution in [0.25, 0.3) is 0 Å². The van der Waals surface area contributed by atoms with Gasteiger partial charge < -0.3 is 5.32 Å². The summed E-state index contributed by atoms with van der Waals surface area (Å²) in [5.74, 6) is -0.522. The smallest absolute Gasteiger partial charge is 0.243 e. The number of hydrogen-bond donors (Lipinski definition) is 3. The number of carbonyl (C=O) groups is 3. The second kappa shape index (κ2) is 4.97. The van der Waals surface area contributed by atoms with Gasteiger partial charge in [0.1, 0.15) is 6.04 Å². The minimum atomic E-state index is -0.565. The number of nitrogens with one attached hydrogen (secondary N) is 3. The zero-order valence-corrected chi connectivity index (χ0v) is 9.82. The van der Waals surface area contributed by atoms with E-state index in [2.05, 4.69) is 16.2 Å². The Bertz CT molecular complexity index is 496. The zero-order valence-electron chi connectivity index (χ0n) is 9.82. The number of Topliss-reactive ketones (excluding diaryl/α,β-unsaturated/α-hetero) is 1. The van der Waals surface area contributed by atoms with Gasteiger partial charge in [0, 0.05) is 11.3 Å². The van der Waals surface area contributed by atoms with Crippen molar-refractivity contribution in [2.75, 3.05) is 5.32 Å². The lowest BCUT2D eigenvalue weighted by molar-refractivity contribution is -0.121. The summed E-state index contributed by atoms with van der Waals surface area (Å²) in [5, 5.41) is 2.67. The van der Waals surface area contributed by atoms with Gasteiger partial charge in [-0.05, 0) is 31.2 Å². The molecule has 18 heavy (non-hydrogen) atoms. The lowest BCUT2D eigenvalue weighted by Crippen LogP contribution is -2.39. The molecular formula is C12H13N3O3. The molecule has 1 aromatic carbocycles. The minimum absolute atomic E-state index is 0.0277. The molecule has 0 aromatic heterocycles.